The first-order valence-corrected chi connectivity index (χ1v) is 3.14. The lowest BCUT2D eigenvalue weighted by Gasteiger charge is -1.90. The van der Waals surface area contributed by atoms with E-state index < -0.39 is 0 Å². The molecule has 0 unspecified atom stereocenters. The summed E-state index contributed by atoms with van der Waals surface area (Å²) in [5, 5.41) is 8.23. The van der Waals surface area contributed by atoms with E-state index in [1.165, 1.54) is 0 Å². The first-order chi connectivity index (χ1) is 3.41. The third-order valence-electron chi connectivity index (χ3n) is 0.630. The fraction of sp³-hybridized carbons (Fsp3) is 1.00. The first kappa shape index (κ1) is 7.65. The largest absolute Gasteiger partial charge is 0.396 e. The zero-order chi connectivity index (χ0) is 5.54. The molecule has 0 spiro atoms. The van der Waals surface area contributed by atoms with Gasteiger partial charge in [0.25, 0.3) is 0 Å². The summed E-state index contributed by atoms with van der Waals surface area (Å²) < 4.78 is 4.70. The minimum absolute atomic E-state index is 0.278. The molecule has 3 heteroatoms. The van der Waals surface area contributed by atoms with E-state index in [9.17, 15) is 0 Å². The zero-order valence-electron chi connectivity index (χ0n) is 4.06. The van der Waals surface area contributed by atoms with Crippen LogP contribution < -0.4 is 0 Å². The molecule has 0 aliphatic rings. The van der Waals surface area contributed by atoms with Gasteiger partial charge >= 0.3 is 0 Å². The lowest BCUT2D eigenvalue weighted by atomic mass is 10.3. The smallest absolute Gasteiger partial charge is 0.109 e. The van der Waals surface area contributed by atoms with Crippen molar-refractivity contribution in [3.05, 3.63) is 0 Å². The molecular weight excluding hydrogens is 207 g/mol. The summed E-state index contributed by atoms with van der Waals surface area (Å²) in [6, 6.07) is 0. The van der Waals surface area contributed by atoms with Crippen molar-refractivity contribution in [2.75, 3.05) is 13.2 Å². The van der Waals surface area contributed by atoms with Crippen LogP contribution >= 0.6 is 23.0 Å². The Bertz CT molecular complexity index is 28.9. The van der Waals surface area contributed by atoms with E-state index in [2.05, 4.69) is 0 Å². The maximum absolute atomic E-state index is 8.23. The predicted molar refractivity (Wildman–Crippen MR) is 36.3 cm³/mol. The molecule has 7 heavy (non-hydrogen) atoms. The van der Waals surface area contributed by atoms with Gasteiger partial charge in [-0.1, -0.05) is 0 Å². The SMILES string of the molecule is OCCCCOI. The molecule has 0 aliphatic heterocycles. The van der Waals surface area contributed by atoms with E-state index in [0.717, 1.165) is 19.4 Å². The number of rotatable bonds is 4. The Hall–Kier alpha value is 0.650. The van der Waals surface area contributed by atoms with E-state index >= 15 is 0 Å². The Morgan fingerprint density at radius 3 is 2.57 bits per heavy atom. The van der Waals surface area contributed by atoms with Crippen LogP contribution in [0.5, 0.6) is 0 Å². The second kappa shape index (κ2) is 6.65. The molecule has 0 radical (unpaired) electrons. The number of hydrogen-bond acceptors (Lipinski definition) is 2. The predicted octanol–water partition coefficient (Wildman–Crippen LogP) is 1.13. The summed E-state index contributed by atoms with van der Waals surface area (Å²) in [6.07, 6.45) is 1.81. The van der Waals surface area contributed by atoms with Gasteiger partial charge in [0.2, 0.25) is 0 Å². The number of aliphatic hydroxyl groups is 1. The van der Waals surface area contributed by atoms with Crippen molar-refractivity contribution in [2.24, 2.45) is 0 Å². The highest BCUT2D eigenvalue weighted by Gasteiger charge is 1.81. The molecule has 0 atom stereocenters. The number of hydrogen-bond donors (Lipinski definition) is 1. The fourth-order valence-electron chi connectivity index (χ4n) is 0.268. The molecule has 0 aromatic carbocycles. The summed E-state index contributed by atoms with van der Waals surface area (Å²) in [7, 11) is 0. The van der Waals surface area contributed by atoms with Gasteiger partial charge in [0.15, 0.2) is 0 Å². The average Bonchev–Trinajstić information content (AvgIpc) is 1.69. The molecule has 1 N–H and O–H groups in total. The summed E-state index contributed by atoms with van der Waals surface area (Å²) in [6.45, 7) is 1.03. The second-order valence-corrected chi connectivity index (χ2v) is 1.87. The van der Waals surface area contributed by atoms with Crippen LogP contribution in [0.1, 0.15) is 12.8 Å². The molecule has 0 rings (SSSR count). The molecule has 0 heterocycles. The molecule has 2 nitrogen and oxygen atoms in total. The Morgan fingerprint density at radius 1 is 1.43 bits per heavy atom. The van der Waals surface area contributed by atoms with Crippen LogP contribution in [0.3, 0.4) is 0 Å². The van der Waals surface area contributed by atoms with Crippen LogP contribution in [0.4, 0.5) is 0 Å². The van der Waals surface area contributed by atoms with Gasteiger partial charge in [0, 0.05) is 6.61 Å². The number of halogens is 1. The van der Waals surface area contributed by atoms with E-state index in [1.807, 2.05) is 23.0 Å². The van der Waals surface area contributed by atoms with Crippen LogP contribution in [0.15, 0.2) is 0 Å². The Labute approximate surface area is 57.6 Å². The molecule has 44 valence electrons. The van der Waals surface area contributed by atoms with E-state index in [4.69, 9.17) is 8.17 Å². The zero-order valence-corrected chi connectivity index (χ0v) is 6.22. The maximum atomic E-state index is 8.23. The van der Waals surface area contributed by atoms with Gasteiger partial charge < -0.3 is 8.17 Å². The Kier molecular flexibility index (Phi) is 7.27. The highest BCUT2D eigenvalue weighted by atomic mass is 127. The van der Waals surface area contributed by atoms with Gasteiger partial charge in [-0.05, 0) is 12.8 Å². The van der Waals surface area contributed by atoms with Gasteiger partial charge in [-0.15, -0.1) is 0 Å². The molecule has 0 amide bonds. The van der Waals surface area contributed by atoms with Crippen LogP contribution in [-0.4, -0.2) is 18.3 Å². The Balaban J connectivity index is 2.45. The molecule has 0 bridgehead atoms. The van der Waals surface area contributed by atoms with Gasteiger partial charge in [-0.25, -0.2) is 0 Å². The minimum Gasteiger partial charge on any atom is -0.396 e. The van der Waals surface area contributed by atoms with Crippen molar-refractivity contribution in [2.45, 2.75) is 12.8 Å². The molecule has 0 saturated heterocycles. The van der Waals surface area contributed by atoms with Crippen LogP contribution in [0.2, 0.25) is 0 Å². The molecule has 0 aliphatic carbocycles. The normalized spacial score (nSPS) is 9.43. The van der Waals surface area contributed by atoms with Crippen molar-refractivity contribution >= 4 is 23.0 Å². The summed E-state index contributed by atoms with van der Waals surface area (Å²) in [5.41, 5.74) is 0. The average molecular weight is 216 g/mol. The number of unbranched alkanes of at least 4 members (excludes halogenated alkanes) is 1. The van der Waals surface area contributed by atoms with Gasteiger partial charge in [-0.2, -0.15) is 0 Å². The summed E-state index contributed by atoms with van der Waals surface area (Å²) in [4.78, 5) is 0. The minimum atomic E-state index is 0.278. The van der Waals surface area contributed by atoms with Crippen LogP contribution in [0.25, 0.3) is 0 Å². The quantitative estimate of drug-likeness (QED) is 0.563. The second-order valence-electron chi connectivity index (χ2n) is 1.24. The van der Waals surface area contributed by atoms with Crippen LogP contribution in [0, 0.1) is 0 Å². The first-order valence-electron chi connectivity index (χ1n) is 2.26. The van der Waals surface area contributed by atoms with E-state index in [1.54, 1.807) is 0 Å². The molecule has 0 aromatic rings. The van der Waals surface area contributed by atoms with Gasteiger partial charge in [0.1, 0.15) is 23.0 Å². The summed E-state index contributed by atoms with van der Waals surface area (Å²) >= 11 is 1.85. The lowest BCUT2D eigenvalue weighted by molar-refractivity contribution is 0.272. The Morgan fingerprint density at radius 2 is 2.14 bits per heavy atom. The van der Waals surface area contributed by atoms with E-state index in [0.29, 0.717) is 0 Å². The van der Waals surface area contributed by atoms with Crippen molar-refractivity contribution in [1.29, 1.82) is 0 Å². The van der Waals surface area contributed by atoms with Crippen molar-refractivity contribution < 1.29 is 8.17 Å². The third-order valence-corrected chi connectivity index (χ3v) is 1.07. The summed E-state index contributed by atoms with van der Waals surface area (Å²) in [5.74, 6) is 0. The molecule has 0 fully saturated rings. The van der Waals surface area contributed by atoms with Gasteiger partial charge in [0.05, 0.1) is 6.61 Å². The van der Waals surface area contributed by atoms with Crippen molar-refractivity contribution in [1.82, 2.24) is 0 Å². The van der Waals surface area contributed by atoms with Crippen molar-refractivity contribution in [3.8, 4) is 0 Å². The standard InChI is InChI=1S/C4H9IO2/c5-7-4-2-1-3-6/h6H,1-4H2. The monoisotopic (exact) mass is 216 g/mol. The highest BCUT2D eigenvalue weighted by molar-refractivity contribution is 14.1. The fourth-order valence-corrected chi connectivity index (χ4v) is 0.580. The third kappa shape index (κ3) is 6.65. The molecule has 0 aromatic heterocycles. The van der Waals surface area contributed by atoms with Gasteiger partial charge in [-0.3, -0.25) is 0 Å². The van der Waals surface area contributed by atoms with Crippen molar-refractivity contribution in [3.63, 3.8) is 0 Å². The lowest BCUT2D eigenvalue weighted by Crippen LogP contribution is -1.86. The molecular formula is C4H9IO2. The highest BCUT2D eigenvalue weighted by Crippen LogP contribution is 1.91. The topological polar surface area (TPSA) is 29.5 Å². The van der Waals surface area contributed by atoms with E-state index in [-0.39, 0.29) is 6.61 Å². The number of aliphatic hydroxyl groups excluding tert-OH is 1. The molecule has 0 saturated carbocycles. The maximum Gasteiger partial charge on any atom is 0.109 e. The van der Waals surface area contributed by atoms with Crippen LogP contribution in [-0.2, 0) is 3.07 Å².